The van der Waals surface area contributed by atoms with Crippen molar-refractivity contribution in [2.45, 2.75) is 0 Å². The van der Waals surface area contributed by atoms with Gasteiger partial charge in [0.15, 0.2) is 0 Å². The van der Waals surface area contributed by atoms with Crippen molar-refractivity contribution in [3.63, 3.8) is 0 Å². The molecule has 3 nitrogen and oxygen atoms in total. The predicted molar refractivity (Wildman–Crippen MR) is 76.8 cm³/mol. The second-order valence-corrected chi connectivity index (χ2v) is 4.31. The molecule has 0 bridgehead atoms. The lowest BCUT2D eigenvalue weighted by atomic mass is 10.1. The maximum atomic E-state index is 5.40. The van der Waals surface area contributed by atoms with Crippen LogP contribution in [0.3, 0.4) is 0 Å². The van der Waals surface area contributed by atoms with Gasteiger partial charge in [-0.25, -0.2) is 0 Å². The topological polar surface area (TPSA) is 34.2 Å². The van der Waals surface area contributed by atoms with E-state index in [-0.39, 0.29) is 0 Å². The van der Waals surface area contributed by atoms with Crippen molar-refractivity contribution in [1.82, 2.24) is 4.98 Å². The third-order valence-corrected chi connectivity index (χ3v) is 3.24. The molecule has 0 radical (unpaired) electrons. The largest absolute Gasteiger partial charge is 0.496 e. The molecule has 3 aromatic rings. The Bertz CT molecular complexity index is 716. The smallest absolute Gasteiger partial charge is 0.142 e. The van der Waals surface area contributed by atoms with Gasteiger partial charge in [0.2, 0.25) is 0 Å². The van der Waals surface area contributed by atoms with E-state index in [1.807, 2.05) is 36.4 Å². The Morgan fingerprint density at radius 3 is 2.37 bits per heavy atom. The summed E-state index contributed by atoms with van der Waals surface area (Å²) in [5.74, 6) is 1.70. The average Bonchev–Trinajstić information content (AvgIpc) is 2.90. The molecule has 2 aromatic carbocycles. The van der Waals surface area contributed by atoms with Gasteiger partial charge in [-0.1, -0.05) is 24.3 Å². The van der Waals surface area contributed by atoms with Gasteiger partial charge in [0.1, 0.15) is 11.5 Å². The maximum absolute atomic E-state index is 5.40. The van der Waals surface area contributed by atoms with Crippen LogP contribution < -0.4 is 9.47 Å². The standard InChI is InChI=1S/C16H15NO2/c1-18-14-8-4-3-7-12(14)13-10-11-6-5-9-15(19-2)16(11)17-13/h3-10,17H,1-2H3. The van der Waals surface area contributed by atoms with Crippen molar-refractivity contribution in [3.8, 4) is 22.8 Å². The first kappa shape index (κ1) is 11.7. The number of aromatic amines is 1. The molecule has 0 atom stereocenters. The summed E-state index contributed by atoms with van der Waals surface area (Å²) in [4.78, 5) is 3.40. The highest BCUT2D eigenvalue weighted by Crippen LogP contribution is 2.33. The second kappa shape index (κ2) is 4.69. The molecule has 0 saturated carbocycles. The van der Waals surface area contributed by atoms with E-state index in [0.717, 1.165) is 33.7 Å². The number of benzene rings is 2. The Kier molecular flexibility index (Phi) is 2.88. The monoisotopic (exact) mass is 253 g/mol. The lowest BCUT2D eigenvalue weighted by molar-refractivity contribution is 0.416. The molecule has 1 heterocycles. The molecular weight excluding hydrogens is 238 g/mol. The van der Waals surface area contributed by atoms with Crippen molar-refractivity contribution in [1.29, 1.82) is 0 Å². The third-order valence-electron chi connectivity index (χ3n) is 3.24. The van der Waals surface area contributed by atoms with Gasteiger partial charge >= 0.3 is 0 Å². The first-order chi connectivity index (χ1) is 9.33. The number of para-hydroxylation sites is 2. The lowest BCUT2D eigenvalue weighted by Crippen LogP contribution is -1.87. The van der Waals surface area contributed by atoms with Crippen LogP contribution in [0, 0.1) is 0 Å². The molecule has 96 valence electrons. The number of hydrogen-bond acceptors (Lipinski definition) is 2. The van der Waals surface area contributed by atoms with Crippen molar-refractivity contribution >= 4 is 10.9 Å². The zero-order valence-electron chi connectivity index (χ0n) is 10.9. The van der Waals surface area contributed by atoms with Crippen LogP contribution in [0.2, 0.25) is 0 Å². The summed E-state index contributed by atoms with van der Waals surface area (Å²) in [5.41, 5.74) is 3.08. The van der Waals surface area contributed by atoms with Gasteiger partial charge in [-0.05, 0) is 24.3 Å². The molecule has 0 amide bonds. The third kappa shape index (κ3) is 1.93. The average molecular weight is 253 g/mol. The number of H-pyrrole nitrogens is 1. The van der Waals surface area contributed by atoms with Crippen LogP contribution in [0.4, 0.5) is 0 Å². The summed E-state index contributed by atoms with van der Waals surface area (Å²) in [6, 6.07) is 16.1. The second-order valence-electron chi connectivity index (χ2n) is 4.31. The van der Waals surface area contributed by atoms with Gasteiger partial charge in [-0.15, -0.1) is 0 Å². The molecule has 0 saturated heterocycles. The van der Waals surface area contributed by atoms with Crippen LogP contribution >= 0.6 is 0 Å². The summed E-state index contributed by atoms with van der Waals surface area (Å²) in [6.07, 6.45) is 0. The van der Waals surface area contributed by atoms with E-state index in [9.17, 15) is 0 Å². The fourth-order valence-corrected chi connectivity index (χ4v) is 2.31. The number of fused-ring (bicyclic) bond motifs is 1. The molecule has 0 unspecified atom stereocenters. The van der Waals surface area contributed by atoms with Crippen molar-refractivity contribution in [2.24, 2.45) is 0 Å². The molecule has 3 heteroatoms. The molecule has 0 spiro atoms. The fraction of sp³-hybridized carbons (Fsp3) is 0.125. The minimum absolute atomic E-state index is 0.846. The summed E-state index contributed by atoms with van der Waals surface area (Å²) >= 11 is 0. The lowest BCUT2D eigenvalue weighted by Gasteiger charge is -2.05. The first-order valence-corrected chi connectivity index (χ1v) is 6.12. The van der Waals surface area contributed by atoms with Gasteiger partial charge in [-0.3, -0.25) is 0 Å². The molecule has 1 N–H and O–H groups in total. The molecular formula is C16H15NO2. The number of aromatic nitrogens is 1. The van der Waals surface area contributed by atoms with Gasteiger partial charge in [0, 0.05) is 10.9 Å². The van der Waals surface area contributed by atoms with Crippen LogP contribution in [0.25, 0.3) is 22.2 Å². The molecule has 0 aliphatic carbocycles. The number of methoxy groups -OCH3 is 2. The van der Waals surface area contributed by atoms with E-state index >= 15 is 0 Å². The Hall–Kier alpha value is -2.42. The number of ether oxygens (including phenoxy) is 2. The molecule has 3 rings (SSSR count). The first-order valence-electron chi connectivity index (χ1n) is 6.12. The Morgan fingerprint density at radius 2 is 1.58 bits per heavy atom. The highest BCUT2D eigenvalue weighted by atomic mass is 16.5. The molecule has 1 aromatic heterocycles. The fourth-order valence-electron chi connectivity index (χ4n) is 2.31. The zero-order chi connectivity index (χ0) is 13.2. The van der Waals surface area contributed by atoms with Crippen LogP contribution in [-0.4, -0.2) is 19.2 Å². The Morgan fingerprint density at radius 1 is 0.842 bits per heavy atom. The summed E-state index contributed by atoms with van der Waals surface area (Å²) in [7, 11) is 3.36. The van der Waals surface area contributed by atoms with Gasteiger partial charge in [0.05, 0.1) is 25.4 Å². The Balaban J connectivity index is 2.21. The van der Waals surface area contributed by atoms with Gasteiger partial charge in [0.25, 0.3) is 0 Å². The van der Waals surface area contributed by atoms with Crippen LogP contribution in [0.15, 0.2) is 48.5 Å². The quantitative estimate of drug-likeness (QED) is 0.769. The van der Waals surface area contributed by atoms with Gasteiger partial charge in [-0.2, -0.15) is 0 Å². The van der Waals surface area contributed by atoms with Gasteiger partial charge < -0.3 is 14.5 Å². The summed E-state index contributed by atoms with van der Waals surface area (Å²) in [6.45, 7) is 0. The number of nitrogens with one attached hydrogen (secondary N) is 1. The summed E-state index contributed by atoms with van der Waals surface area (Å²) < 4.78 is 10.8. The molecule has 0 aliphatic heterocycles. The van der Waals surface area contributed by atoms with E-state index < -0.39 is 0 Å². The SMILES string of the molecule is COc1ccccc1-c1cc2cccc(OC)c2[nH]1. The zero-order valence-corrected chi connectivity index (χ0v) is 10.9. The van der Waals surface area contributed by atoms with Crippen molar-refractivity contribution < 1.29 is 9.47 Å². The molecule has 0 aliphatic rings. The van der Waals surface area contributed by atoms with Crippen molar-refractivity contribution in [2.75, 3.05) is 14.2 Å². The van der Waals surface area contributed by atoms with E-state index in [0.29, 0.717) is 0 Å². The van der Waals surface area contributed by atoms with Crippen LogP contribution in [0.5, 0.6) is 11.5 Å². The molecule has 0 fully saturated rings. The summed E-state index contributed by atoms with van der Waals surface area (Å²) in [5, 5.41) is 1.13. The maximum Gasteiger partial charge on any atom is 0.142 e. The van der Waals surface area contributed by atoms with Crippen molar-refractivity contribution in [3.05, 3.63) is 48.5 Å². The minimum atomic E-state index is 0.846. The number of rotatable bonds is 3. The highest BCUT2D eigenvalue weighted by Gasteiger charge is 2.10. The van der Waals surface area contributed by atoms with E-state index in [1.165, 1.54) is 0 Å². The normalized spacial score (nSPS) is 10.6. The van der Waals surface area contributed by atoms with Crippen LogP contribution in [-0.2, 0) is 0 Å². The van der Waals surface area contributed by atoms with Crippen LogP contribution in [0.1, 0.15) is 0 Å². The molecule has 19 heavy (non-hydrogen) atoms. The Labute approximate surface area is 111 Å². The highest BCUT2D eigenvalue weighted by molar-refractivity contribution is 5.91. The van der Waals surface area contributed by atoms with E-state index in [1.54, 1.807) is 14.2 Å². The van der Waals surface area contributed by atoms with E-state index in [4.69, 9.17) is 9.47 Å². The van der Waals surface area contributed by atoms with E-state index in [2.05, 4.69) is 17.1 Å². The minimum Gasteiger partial charge on any atom is -0.496 e. The predicted octanol–water partition coefficient (Wildman–Crippen LogP) is 3.85. The number of hydrogen-bond donors (Lipinski definition) is 1.